The molecule has 2 radical (unpaired) electrons. The molecular formula is C4H10Cl2Si2. The van der Waals surface area contributed by atoms with Crippen LogP contribution in [-0.4, -0.2) is 15.2 Å². The Labute approximate surface area is 63.6 Å². The first kappa shape index (κ1) is 9.01. The molecule has 0 bridgehead atoms. The van der Waals surface area contributed by atoms with Gasteiger partial charge in [0.05, 0.1) is 8.31 Å². The third kappa shape index (κ3) is 3.12. The summed E-state index contributed by atoms with van der Waals surface area (Å²) in [7, 11) is -0.308. The van der Waals surface area contributed by atoms with E-state index in [9.17, 15) is 0 Å². The Balaban J connectivity index is 3.35. The molecule has 0 unspecified atom stereocenters. The molecular weight excluding hydrogens is 175 g/mol. The largest absolute Gasteiger partial charge is 0.256 e. The van der Waals surface area contributed by atoms with Crippen molar-refractivity contribution in [2.45, 2.75) is 25.9 Å². The van der Waals surface area contributed by atoms with Crippen LogP contribution in [0.2, 0.25) is 12.1 Å². The van der Waals surface area contributed by atoms with E-state index in [2.05, 4.69) is 13.8 Å². The molecule has 0 rings (SSSR count). The van der Waals surface area contributed by atoms with E-state index in [4.69, 9.17) is 22.2 Å². The molecule has 8 heavy (non-hydrogen) atoms. The van der Waals surface area contributed by atoms with Crippen LogP contribution in [-0.2, 0) is 0 Å². The van der Waals surface area contributed by atoms with Crippen LogP contribution in [0, 0.1) is 0 Å². The summed E-state index contributed by atoms with van der Waals surface area (Å²) in [5, 5.41) is 0. The van der Waals surface area contributed by atoms with Gasteiger partial charge in [-0.1, -0.05) is 25.9 Å². The van der Waals surface area contributed by atoms with Crippen LogP contribution < -0.4 is 0 Å². The molecule has 0 aliphatic rings. The lowest BCUT2D eigenvalue weighted by Gasteiger charge is -2.05. The predicted octanol–water partition coefficient (Wildman–Crippen LogP) is 2.57. The fraction of sp³-hybridized carbons (Fsp3) is 1.00. The zero-order chi connectivity index (χ0) is 6.57. The highest BCUT2D eigenvalue weighted by atomic mass is 35.7. The summed E-state index contributed by atoms with van der Waals surface area (Å²) in [6.45, 7) is 3.42. The number of hydrogen-bond acceptors (Lipinski definition) is 0. The zero-order valence-corrected chi connectivity index (χ0v) is 8.68. The molecule has 48 valence electrons. The van der Waals surface area contributed by atoms with Crippen LogP contribution in [0.3, 0.4) is 0 Å². The van der Waals surface area contributed by atoms with Gasteiger partial charge >= 0.3 is 0 Å². The van der Waals surface area contributed by atoms with Crippen LogP contribution >= 0.6 is 22.2 Å². The van der Waals surface area contributed by atoms with Gasteiger partial charge in [0.15, 0.2) is 0 Å². The highest BCUT2D eigenvalue weighted by Gasteiger charge is 2.17. The summed E-state index contributed by atoms with van der Waals surface area (Å²) in [6.07, 6.45) is 0. The number of halogens is 2. The maximum absolute atomic E-state index is 5.76. The molecule has 0 amide bonds. The molecule has 4 heteroatoms. The van der Waals surface area contributed by atoms with E-state index in [1.54, 1.807) is 0 Å². The van der Waals surface area contributed by atoms with E-state index in [-0.39, 0.29) is 8.31 Å². The first-order valence-corrected chi connectivity index (χ1v) is 9.19. The minimum Gasteiger partial charge on any atom is -0.151 e. The Kier molecular flexibility index (Phi) is 5.47. The molecule has 0 aliphatic carbocycles. The van der Waals surface area contributed by atoms with Crippen molar-refractivity contribution in [3.63, 3.8) is 0 Å². The van der Waals surface area contributed by atoms with E-state index in [0.717, 1.165) is 0 Å². The van der Waals surface area contributed by atoms with E-state index in [1.165, 1.54) is 12.1 Å². The second-order valence-electron chi connectivity index (χ2n) is 1.57. The summed E-state index contributed by atoms with van der Waals surface area (Å²) in [6, 6.07) is 2.45. The lowest BCUT2D eigenvalue weighted by Crippen LogP contribution is -2.23. The van der Waals surface area contributed by atoms with Crippen molar-refractivity contribution >= 4 is 37.4 Å². The monoisotopic (exact) mass is 184 g/mol. The van der Waals surface area contributed by atoms with E-state index in [1.807, 2.05) is 0 Å². The second-order valence-corrected chi connectivity index (χ2v) is 13.1. The van der Waals surface area contributed by atoms with Gasteiger partial charge in [-0.25, -0.2) is 0 Å². The summed E-state index contributed by atoms with van der Waals surface area (Å²) in [5.41, 5.74) is 0. The summed E-state index contributed by atoms with van der Waals surface area (Å²) in [5.74, 6) is 0. The van der Waals surface area contributed by atoms with Crippen LogP contribution in [0.4, 0.5) is 0 Å². The van der Waals surface area contributed by atoms with Crippen molar-refractivity contribution in [1.29, 1.82) is 0 Å². The Morgan fingerprint density at radius 1 is 1.12 bits per heavy atom. The first-order valence-electron chi connectivity index (χ1n) is 2.75. The molecule has 0 atom stereocenters. The number of hydrogen-bond donors (Lipinski definition) is 0. The topological polar surface area (TPSA) is 0 Å². The van der Waals surface area contributed by atoms with Gasteiger partial charge < -0.3 is 0 Å². The van der Waals surface area contributed by atoms with Gasteiger partial charge in [0.1, 0.15) is 0 Å². The van der Waals surface area contributed by atoms with Gasteiger partial charge in [0, 0.05) is 0 Å². The van der Waals surface area contributed by atoms with E-state index in [0.29, 0.717) is 0 Å². The van der Waals surface area contributed by atoms with Crippen LogP contribution in [0.5, 0.6) is 0 Å². The maximum atomic E-state index is 5.76. The molecule has 0 aromatic rings. The minimum absolute atomic E-state index is 0.308. The molecule has 0 saturated carbocycles. The van der Waals surface area contributed by atoms with Gasteiger partial charge in [-0.3, -0.25) is 0 Å². The smallest absolute Gasteiger partial charge is 0.151 e. The highest BCUT2D eigenvalue weighted by molar-refractivity contribution is 7.60. The molecule has 0 aromatic heterocycles. The standard InChI is InChI=1S/C4H10Cl2Si2/c1-3-7(4-2)8(5)6/h3-4H2,1-2H3. The average Bonchev–Trinajstić information content (AvgIpc) is 1.69. The molecule has 0 spiro atoms. The number of rotatable bonds is 3. The predicted molar refractivity (Wildman–Crippen MR) is 44.2 cm³/mol. The van der Waals surface area contributed by atoms with Crippen LogP contribution in [0.25, 0.3) is 0 Å². The third-order valence-corrected chi connectivity index (χ3v) is 11.9. The first-order chi connectivity index (χ1) is 3.72. The summed E-state index contributed by atoms with van der Waals surface area (Å²) < 4.78 is 0. The van der Waals surface area contributed by atoms with Crippen molar-refractivity contribution in [2.75, 3.05) is 0 Å². The molecule has 0 nitrogen and oxygen atoms in total. The molecule has 0 aliphatic heterocycles. The fourth-order valence-corrected chi connectivity index (χ4v) is 7.97. The quantitative estimate of drug-likeness (QED) is 0.468. The Morgan fingerprint density at radius 2 is 1.50 bits per heavy atom. The van der Waals surface area contributed by atoms with Gasteiger partial charge in [-0.15, -0.1) is 0 Å². The third-order valence-electron chi connectivity index (χ3n) is 1.12. The normalized spacial score (nSPS) is 11.2. The van der Waals surface area contributed by atoms with Gasteiger partial charge in [-0.2, -0.15) is 22.2 Å². The van der Waals surface area contributed by atoms with E-state index < -0.39 is 6.93 Å². The molecule has 0 saturated heterocycles. The van der Waals surface area contributed by atoms with Crippen molar-refractivity contribution in [3.05, 3.63) is 0 Å². The van der Waals surface area contributed by atoms with Crippen LogP contribution in [0.1, 0.15) is 13.8 Å². The van der Waals surface area contributed by atoms with Gasteiger partial charge in [0.2, 0.25) is 0 Å². The van der Waals surface area contributed by atoms with Crippen molar-refractivity contribution in [2.24, 2.45) is 0 Å². The summed E-state index contributed by atoms with van der Waals surface area (Å²) in [4.78, 5) is 0. The van der Waals surface area contributed by atoms with Gasteiger partial charge in [0.25, 0.3) is 6.93 Å². The van der Waals surface area contributed by atoms with Crippen molar-refractivity contribution in [1.82, 2.24) is 0 Å². The zero-order valence-electron chi connectivity index (χ0n) is 5.17. The Hall–Kier alpha value is 1.01. The maximum Gasteiger partial charge on any atom is 0.256 e. The molecule has 0 N–H and O–H groups in total. The lowest BCUT2D eigenvalue weighted by atomic mass is 11.0. The SMILES string of the molecule is CC[Si](CC)[Si](Cl)Cl. The lowest BCUT2D eigenvalue weighted by molar-refractivity contribution is 1.35. The molecule has 0 aromatic carbocycles. The Morgan fingerprint density at radius 3 is 1.50 bits per heavy atom. The summed E-state index contributed by atoms with van der Waals surface area (Å²) >= 11 is 11.5. The average molecular weight is 185 g/mol. The van der Waals surface area contributed by atoms with E-state index >= 15 is 0 Å². The van der Waals surface area contributed by atoms with Crippen molar-refractivity contribution in [3.8, 4) is 0 Å². The van der Waals surface area contributed by atoms with Crippen LogP contribution in [0.15, 0.2) is 0 Å². The molecule has 0 fully saturated rings. The minimum atomic E-state index is -0.928. The Bertz CT molecular complexity index is 54.0. The second kappa shape index (κ2) is 4.85. The molecule has 0 heterocycles. The fourth-order valence-electron chi connectivity index (χ4n) is 0.517. The highest BCUT2D eigenvalue weighted by Crippen LogP contribution is 2.08. The van der Waals surface area contributed by atoms with Crippen molar-refractivity contribution < 1.29 is 0 Å². The van der Waals surface area contributed by atoms with Gasteiger partial charge in [-0.05, 0) is 0 Å².